The molecular weight excluding hydrogens is 699 g/mol. The number of carbonyl (C=O) groups excluding carboxylic acids is 4. The van der Waals surface area contributed by atoms with E-state index >= 15 is 0 Å². The van der Waals surface area contributed by atoms with E-state index in [1.165, 1.54) is 11.8 Å². The van der Waals surface area contributed by atoms with Crippen LogP contribution in [0.3, 0.4) is 0 Å². The highest BCUT2D eigenvalue weighted by atomic mass is 32.2. The SMILES string of the molecule is CCNC(CSC1CCC1SCC(NC=O)C(=O)O)C(=O)NCC(=O)O[C@]1(CC)C(=O)OCc2c1cc1n(c2=O)Cc2cc3ccccc3nc2-1. The molecular formula is C35H39N5O9S2. The zero-order valence-electron chi connectivity index (χ0n) is 28.1. The Kier molecular flexibility index (Phi) is 11.0. The molecule has 4 N–H and O–H groups in total. The molecule has 3 aliphatic rings. The Morgan fingerprint density at radius 3 is 2.51 bits per heavy atom. The number of benzene rings is 1. The number of aromatic nitrogens is 2. The van der Waals surface area contributed by atoms with E-state index in [9.17, 15) is 33.9 Å². The molecule has 1 saturated carbocycles. The first-order valence-electron chi connectivity index (χ1n) is 16.8. The number of carboxylic acid groups (broad SMARTS) is 1. The predicted molar refractivity (Wildman–Crippen MR) is 191 cm³/mol. The highest BCUT2D eigenvalue weighted by molar-refractivity contribution is 8.04. The third-order valence-corrected chi connectivity index (χ3v) is 12.7. The maximum Gasteiger partial charge on any atom is 0.355 e. The third kappa shape index (κ3) is 7.21. The van der Waals surface area contributed by atoms with Crippen LogP contribution < -0.4 is 21.5 Å². The summed E-state index contributed by atoms with van der Waals surface area (Å²) in [6.07, 6.45) is 2.19. The summed E-state index contributed by atoms with van der Waals surface area (Å²) in [5.41, 5.74) is 1.01. The fourth-order valence-electron chi connectivity index (χ4n) is 6.60. The maximum absolute atomic E-state index is 13.8. The van der Waals surface area contributed by atoms with Gasteiger partial charge in [0.1, 0.15) is 19.2 Å². The first kappa shape index (κ1) is 36.4. The van der Waals surface area contributed by atoms with Crippen LogP contribution in [0.4, 0.5) is 0 Å². The number of cyclic esters (lactones) is 1. The second-order valence-corrected chi connectivity index (χ2v) is 15.1. The van der Waals surface area contributed by atoms with E-state index in [1.807, 2.05) is 37.3 Å². The number of likely N-dealkylation sites (N-methyl/N-ethyl adjacent to an activating group) is 1. The van der Waals surface area contributed by atoms with Crippen molar-refractivity contribution in [3.8, 4) is 11.4 Å². The number of nitrogens with one attached hydrogen (secondary N) is 3. The van der Waals surface area contributed by atoms with Crippen molar-refractivity contribution in [2.24, 2.45) is 0 Å². The molecule has 2 aliphatic heterocycles. The van der Waals surface area contributed by atoms with E-state index in [2.05, 4.69) is 16.0 Å². The molecule has 16 heteroatoms. The van der Waals surface area contributed by atoms with E-state index in [1.54, 1.807) is 29.3 Å². The van der Waals surface area contributed by atoms with Crippen LogP contribution in [0.15, 0.2) is 41.2 Å². The second-order valence-electron chi connectivity index (χ2n) is 12.6. The summed E-state index contributed by atoms with van der Waals surface area (Å²) in [5, 5.41) is 18.7. The fourth-order valence-corrected chi connectivity index (χ4v) is 9.77. The van der Waals surface area contributed by atoms with Crippen molar-refractivity contribution < 1.29 is 38.6 Å². The van der Waals surface area contributed by atoms with Gasteiger partial charge in [-0.3, -0.25) is 19.2 Å². The van der Waals surface area contributed by atoms with Gasteiger partial charge in [0.25, 0.3) is 5.56 Å². The molecule has 270 valence electrons. The molecule has 2 amide bonds. The van der Waals surface area contributed by atoms with Crippen LogP contribution in [0.1, 0.15) is 49.8 Å². The largest absolute Gasteiger partial charge is 0.480 e. The lowest BCUT2D eigenvalue weighted by Gasteiger charge is -2.37. The molecule has 1 fully saturated rings. The van der Waals surface area contributed by atoms with Crippen LogP contribution in [-0.2, 0) is 52.2 Å². The summed E-state index contributed by atoms with van der Waals surface area (Å²) < 4.78 is 12.9. The van der Waals surface area contributed by atoms with Gasteiger partial charge >= 0.3 is 17.9 Å². The smallest absolute Gasteiger partial charge is 0.355 e. The van der Waals surface area contributed by atoms with Gasteiger partial charge in [-0.15, -0.1) is 0 Å². The minimum absolute atomic E-state index is 0.00490. The van der Waals surface area contributed by atoms with Crippen molar-refractivity contribution in [1.29, 1.82) is 0 Å². The monoisotopic (exact) mass is 737 g/mol. The number of thioether (sulfide) groups is 2. The molecule has 4 heterocycles. The van der Waals surface area contributed by atoms with Crippen LogP contribution >= 0.6 is 23.5 Å². The standard InChI is InChI=1S/C35H39N5O9S2/c1-3-35(22-12-26-30-20(11-19-7-5-6-8-23(19)39-30)14-40(26)32(44)21(22)15-48-34(35)47)49-29(42)13-37-31(43)24(36-4-2)16-50-27-9-10-28(27)51-17-25(33(45)46)38-18-41/h5-8,11-12,18,24-25,27-28,36H,3-4,9-10,13-17H2,1-2H3,(H,37,43)(H,38,41)(H,45,46)/t24?,25?,27?,28?,35-/m0/s1. The summed E-state index contributed by atoms with van der Waals surface area (Å²) in [6, 6.07) is 9.74. The van der Waals surface area contributed by atoms with Gasteiger partial charge in [0, 0.05) is 38.5 Å². The van der Waals surface area contributed by atoms with Crippen LogP contribution in [0.5, 0.6) is 0 Å². The first-order chi connectivity index (χ1) is 24.6. The van der Waals surface area contributed by atoms with Crippen LogP contribution in [0.25, 0.3) is 22.3 Å². The van der Waals surface area contributed by atoms with Gasteiger partial charge in [-0.1, -0.05) is 32.0 Å². The van der Waals surface area contributed by atoms with E-state index in [0.29, 0.717) is 36.6 Å². The average molecular weight is 738 g/mol. The number of hydrogen-bond donors (Lipinski definition) is 4. The lowest BCUT2D eigenvalue weighted by atomic mass is 9.85. The normalized spacial score (nSPS) is 21.3. The Morgan fingerprint density at radius 2 is 1.84 bits per heavy atom. The van der Waals surface area contributed by atoms with Crippen LogP contribution in [0.2, 0.25) is 0 Å². The number of hydrogen-bond acceptors (Lipinski definition) is 12. The zero-order chi connectivity index (χ0) is 36.3. The average Bonchev–Trinajstić information content (AvgIpc) is 3.47. The van der Waals surface area contributed by atoms with Crippen molar-refractivity contribution in [2.75, 3.05) is 24.6 Å². The van der Waals surface area contributed by atoms with Crippen molar-refractivity contribution in [2.45, 2.75) is 74.4 Å². The molecule has 4 unspecified atom stereocenters. The Balaban J connectivity index is 1.12. The highest BCUT2D eigenvalue weighted by Crippen LogP contribution is 2.42. The minimum Gasteiger partial charge on any atom is -0.480 e. The minimum atomic E-state index is -1.89. The van der Waals surface area contributed by atoms with Gasteiger partial charge in [-0.05, 0) is 44.0 Å². The lowest BCUT2D eigenvalue weighted by Crippen LogP contribution is -2.51. The number of para-hydroxylation sites is 1. The quantitative estimate of drug-likeness (QED) is 0.0964. The van der Waals surface area contributed by atoms with Gasteiger partial charge in [0.05, 0.1) is 35.1 Å². The van der Waals surface area contributed by atoms with Crippen LogP contribution in [-0.4, -0.2) is 92.1 Å². The summed E-state index contributed by atoms with van der Waals surface area (Å²) in [4.78, 5) is 80.6. The van der Waals surface area contributed by atoms with Gasteiger partial charge in [-0.25, -0.2) is 14.6 Å². The topological polar surface area (TPSA) is 195 Å². The highest BCUT2D eigenvalue weighted by Gasteiger charge is 2.50. The number of pyridine rings is 2. The Hall–Kier alpha value is -4.41. The molecule has 1 aliphatic carbocycles. The molecule has 0 bridgehead atoms. The Labute approximate surface area is 301 Å². The lowest BCUT2D eigenvalue weighted by molar-refractivity contribution is -0.189. The van der Waals surface area contributed by atoms with E-state index < -0.39 is 48.0 Å². The number of carbonyl (C=O) groups is 5. The molecule has 1 aromatic carbocycles. The van der Waals surface area contributed by atoms with Gasteiger partial charge in [0.2, 0.25) is 17.9 Å². The van der Waals surface area contributed by atoms with E-state index in [4.69, 9.17) is 14.5 Å². The summed E-state index contributed by atoms with van der Waals surface area (Å²) in [6.45, 7) is 3.56. The second kappa shape index (κ2) is 15.5. The fraction of sp³-hybridized carbons (Fsp3) is 0.457. The summed E-state index contributed by atoms with van der Waals surface area (Å²) >= 11 is 3.08. The van der Waals surface area contributed by atoms with E-state index in [-0.39, 0.29) is 46.0 Å². The van der Waals surface area contributed by atoms with Crippen molar-refractivity contribution in [3.05, 3.63) is 63.4 Å². The van der Waals surface area contributed by atoms with Crippen molar-refractivity contribution in [1.82, 2.24) is 25.5 Å². The molecule has 5 atom stereocenters. The molecule has 0 spiro atoms. The summed E-state index contributed by atoms with van der Waals surface area (Å²) in [5.74, 6) is -2.53. The molecule has 3 aromatic rings. The van der Waals surface area contributed by atoms with Gasteiger partial charge < -0.3 is 35.1 Å². The number of carboxylic acids is 1. The van der Waals surface area contributed by atoms with E-state index in [0.717, 1.165) is 29.3 Å². The molecule has 14 nitrogen and oxygen atoms in total. The zero-order valence-corrected chi connectivity index (χ0v) is 29.8. The molecule has 0 radical (unpaired) electrons. The predicted octanol–water partition coefficient (Wildman–Crippen LogP) is 1.92. The molecule has 2 aromatic heterocycles. The summed E-state index contributed by atoms with van der Waals surface area (Å²) in [7, 11) is 0. The third-order valence-electron chi connectivity index (χ3n) is 9.52. The number of esters is 2. The molecule has 6 rings (SSSR count). The number of amides is 2. The maximum atomic E-state index is 13.8. The van der Waals surface area contributed by atoms with Crippen molar-refractivity contribution >= 4 is 64.7 Å². The number of aliphatic carboxylic acids is 1. The van der Waals surface area contributed by atoms with Gasteiger partial charge in [0.15, 0.2) is 0 Å². The number of fused-ring (bicyclic) bond motifs is 5. The Bertz CT molecular complexity index is 1940. The van der Waals surface area contributed by atoms with Crippen molar-refractivity contribution in [3.63, 3.8) is 0 Å². The van der Waals surface area contributed by atoms with Crippen LogP contribution in [0, 0.1) is 0 Å². The first-order valence-corrected chi connectivity index (χ1v) is 18.9. The van der Waals surface area contributed by atoms with Gasteiger partial charge in [-0.2, -0.15) is 23.5 Å². The number of nitrogens with zero attached hydrogens (tertiary/aromatic N) is 2. The Morgan fingerprint density at radius 1 is 1.12 bits per heavy atom. The molecule has 51 heavy (non-hydrogen) atoms. The molecule has 0 saturated heterocycles. The number of rotatable bonds is 16. The number of ether oxygens (including phenoxy) is 2.